The molecule has 19 heavy (non-hydrogen) atoms. The van der Waals surface area contributed by atoms with Crippen molar-refractivity contribution in [2.24, 2.45) is 0 Å². The standard InChI is InChI=1S/C13H17NO4S/c1-4-5-12(13(15)18-3)14-19(16,17)11-8-6-10(2)7-9-11/h4,6-9,12,14H,1,5H2,2-3H3/t12-/m0/s1. The average Bonchev–Trinajstić information content (AvgIpc) is 2.37. The molecule has 0 radical (unpaired) electrons. The van der Waals surface area contributed by atoms with Crippen molar-refractivity contribution in [3.63, 3.8) is 0 Å². The predicted molar refractivity (Wildman–Crippen MR) is 72.1 cm³/mol. The predicted octanol–water partition coefficient (Wildman–Crippen LogP) is 1.39. The Morgan fingerprint density at radius 2 is 2.00 bits per heavy atom. The highest BCUT2D eigenvalue weighted by Gasteiger charge is 2.25. The van der Waals surface area contributed by atoms with E-state index in [1.165, 1.54) is 25.3 Å². The smallest absolute Gasteiger partial charge is 0.324 e. The van der Waals surface area contributed by atoms with Gasteiger partial charge in [0.1, 0.15) is 6.04 Å². The van der Waals surface area contributed by atoms with Crippen LogP contribution in [0.15, 0.2) is 41.8 Å². The number of benzene rings is 1. The summed E-state index contributed by atoms with van der Waals surface area (Å²) in [4.78, 5) is 11.6. The maximum Gasteiger partial charge on any atom is 0.324 e. The number of rotatable bonds is 6. The number of hydrogen-bond donors (Lipinski definition) is 1. The number of ether oxygens (including phenoxy) is 1. The van der Waals surface area contributed by atoms with E-state index >= 15 is 0 Å². The van der Waals surface area contributed by atoms with Crippen LogP contribution in [0.25, 0.3) is 0 Å². The summed E-state index contributed by atoms with van der Waals surface area (Å²) in [5.41, 5.74) is 0.953. The van der Waals surface area contributed by atoms with E-state index in [0.717, 1.165) is 5.56 Å². The first-order chi connectivity index (χ1) is 8.90. The summed E-state index contributed by atoms with van der Waals surface area (Å²) < 4.78 is 31.1. The lowest BCUT2D eigenvalue weighted by atomic mass is 10.2. The topological polar surface area (TPSA) is 72.5 Å². The second-order valence-corrected chi connectivity index (χ2v) is 5.75. The van der Waals surface area contributed by atoms with E-state index in [-0.39, 0.29) is 11.3 Å². The molecule has 0 aliphatic carbocycles. The number of aryl methyl sites for hydroxylation is 1. The van der Waals surface area contributed by atoms with Crippen molar-refractivity contribution in [3.8, 4) is 0 Å². The van der Waals surface area contributed by atoms with Crippen LogP contribution >= 0.6 is 0 Å². The number of nitrogens with one attached hydrogen (secondary N) is 1. The van der Waals surface area contributed by atoms with Crippen LogP contribution in [0.5, 0.6) is 0 Å². The van der Waals surface area contributed by atoms with Gasteiger partial charge in [0.2, 0.25) is 10.0 Å². The van der Waals surface area contributed by atoms with Crippen molar-refractivity contribution in [1.29, 1.82) is 0 Å². The Morgan fingerprint density at radius 1 is 1.42 bits per heavy atom. The monoisotopic (exact) mass is 283 g/mol. The van der Waals surface area contributed by atoms with Crippen molar-refractivity contribution < 1.29 is 17.9 Å². The Kier molecular flexibility index (Phi) is 5.26. The molecule has 1 aromatic carbocycles. The van der Waals surface area contributed by atoms with Gasteiger partial charge in [0.25, 0.3) is 0 Å². The molecule has 1 N–H and O–H groups in total. The molecular weight excluding hydrogens is 266 g/mol. The first kappa shape index (κ1) is 15.4. The molecule has 0 aliphatic rings. The molecule has 0 heterocycles. The van der Waals surface area contributed by atoms with Gasteiger partial charge in [-0.1, -0.05) is 23.8 Å². The fraction of sp³-hybridized carbons (Fsp3) is 0.308. The van der Waals surface area contributed by atoms with E-state index in [1.54, 1.807) is 12.1 Å². The minimum absolute atomic E-state index is 0.107. The van der Waals surface area contributed by atoms with Gasteiger partial charge in [-0.05, 0) is 25.5 Å². The highest BCUT2D eigenvalue weighted by Crippen LogP contribution is 2.11. The van der Waals surface area contributed by atoms with E-state index < -0.39 is 22.0 Å². The zero-order chi connectivity index (χ0) is 14.5. The zero-order valence-electron chi connectivity index (χ0n) is 10.9. The maximum atomic E-state index is 12.1. The normalized spacial score (nSPS) is 12.7. The van der Waals surface area contributed by atoms with Crippen LogP contribution in [-0.2, 0) is 19.6 Å². The molecule has 0 aliphatic heterocycles. The molecular formula is C13H17NO4S. The summed E-state index contributed by atoms with van der Waals surface area (Å²) in [6.07, 6.45) is 1.62. The van der Waals surface area contributed by atoms with Gasteiger partial charge in [-0.3, -0.25) is 4.79 Å². The lowest BCUT2D eigenvalue weighted by molar-refractivity contribution is -0.142. The first-order valence-corrected chi connectivity index (χ1v) is 7.16. The third-order valence-electron chi connectivity index (χ3n) is 2.52. The summed E-state index contributed by atoms with van der Waals surface area (Å²) in [5.74, 6) is -0.643. The van der Waals surface area contributed by atoms with Crippen LogP contribution in [-0.4, -0.2) is 27.5 Å². The van der Waals surface area contributed by atoms with Gasteiger partial charge in [-0.2, -0.15) is 4.72 Å². The van der Waals surface area contributed by atoms with Gasteiger partial charge in [0.05, 0.1) is 12.0 Å². The number of sulfonamides is 1. The van der Waals surface area contributed by atoms with Crippen molar-refractivity contribution in [2.75, 3.05) is 7.11 Å². The molecule has 1 rings (SSSR count). The van der Waals surface area contributed by atoms with Gasteiger partial charge in [-0.15, -0.1) is 6.58 Å². The summed E-state index contributed by atoms with van der Waals surface area (Å²) in [7, 11) is -2.55. The van der Waals surface area contributed by atoms with Crippen LogP contribution in [0.1, 0.15) is 12.0 Å². The van der Waals surface area contributed by atoms with E-state index in [4.69, 9.17) is 0 Å². The highest BCUT2D eigenvalue weighted by molar-refractivity contribution is 7.89. The quantitative estimate of drug-likeness (QED) is 0.632. The Morgan fingerprint density at radius 3 is 2.47 bits per heavy atom. The van der Waals surface area contributed by atoms with Gasteiger partial charge in [0.15, 0.2) is 0 Å². The summed E-state index contributed by atoms with van der Waals surface area (Å²) in [6.45, 7) is 5.35. The van der Waals surface area contributed by atoms with Gasteiger partial charge in [0, 0.05) is 0 Å². The molecule has 0 aromatic heterocycles. The lowest BCUT2D eigenvalue weighted by Gasteiger charge is -2.15. The number of hydrogen-bond acceptors (Lipinski definition) is 4. The summed E-state index contributed by atoms with van der Waals surface area (Å²) in [6, 6.07) is 5.39. The molecule has 6 heteroatoms. The van der Waals surface area contributed by atoms with E-state index in [1.807, 2.05) is 6.92 Å². The molecule has 5 nitrogen and oxygen atoms in total. The molecule has 0 saturated heterocycles. The molecule has 1 atom stereocenters. The van der Waals surface area contributed by atoms with Crippen LogP contribution in [0.2, 0.25) is 0 Å². The second kappa shape index (κ2) is 6.49. The van der Waals surface area contributed by atoms with Crippen molar-refractivity contribution >= 4 is 16.0 Å². The Labute approximate surface area is 113 Å². The molecule has 0 amide bonds. The molecule has 0 bridgehead atoms. The third kappa shape index (κ3) is 4.18. The molecule has 0 fully saturated rings. The van der Waals surface area contributed by atoms with Gasteiger partial charge >= 0.3 is 5.97 Å². The maximum absolute atomic E-state index is 12.1. The van der Waals surface area contributed by atoms with E-state index in [2.05, 4.69) is 16.0 Å². The largest absolute Gasteiger partial charge is 0.468 e. The third-order valence-corrected chi connectivity index (χ3v) is 4.00. The number of carbonyl (C=O) groups is 1. The molecule has 0 unspecified atom stereocenters. The fourth-order valence-corrected chi connectivity index (χ4v) is 2.67. The van der Waals surface area contributed by atoms with Crippen molar-refractivity contribution in [2.45, 2.75) is 24.3 Å². The fourth-order valence-electron chi connectivity index (χ4n) is 1.47. The minimum Gasteiger partial charge on any atom is -0.468 e. The average molecular weight is 283 g/mol. The van der Waals surface area contributed by atoms with Crippen LogP contribution in [0, 0.1) is 6.92 Å². The van der Waals surface area contributed by atoms with Gasteiger partial charge < -0.3 is 4.74 Å². The van der Waals surface area contributed by atoms with Gasteiger partial charge in [-0.25, -0.2) is 8.42 Å². The highest BCUT2D eigenvalue weighted by atomic mass is 32.2. The zero-order valence-corrected chi connectivity index (χ0v) is 11.7. The van der Waals surface area contributed by atoms with Crippen LogP contribution in [0.3, 0.4) is 0 Å². The number of carbonyl (C=O) groups excluding carboxylic acids is 1. The second-order valence-electron chi connectivity index (χ2n) is 4.03. The van der Waals surface area contributed by atoms with Crippen LogP contribution < -0.4 is 4.72 Å². The first-order valence-electron chi connectivity index (χ1n) is 5.68. The molecule has 1 aromatic rings. The Bertz CT molecular complexity index is 549. The Balaban J connectivity index is 2.96. The molecule has 0 spiro atoms. The summed E-state index contributed by atoms with van der Waals surface area (Å²) in [5, 5.41) is 0. The molecule has 104 valence electrons. The molecule has 0 saturated carbocycles. The van der Waals surface area contributed by atoms with E-state index in [0.29, 0.717) is 0 Å². The van der Waals surface area contributed by atoms with Crippen LogP contribution in [0.4, 0.5) is 0 Å². The Hall–Kier alpha value is -1.66. The van der Waals surface area contributed by atoms with E-state index in [9.17, 15) is 13.2 Å². The number of esters is 1. The number of methoxy groups -OCH3 is 1. The minimum atomic E-state index is -3.75. The van der Waals surface area contributed by atoms with Crippen molar-refractivity contribution in [1.82, 2.24) is 4.72 Å². The van der Waals surface area contributed by atoms with Crippen molar-refractivity contribution in [3.05, 3.63) is 42.5 Å². The lowest BCUT2D eigenvalue weighted by Crippen LogP contribution is -2.41. The summed E-state index contributed by atoms with van der Waals surface area (Å²) >= 11 is 0. The SMILES string of the molecule is C=CC[C@H](NS(=O)(=O)c1ccc(C)cc1)C(=O)OC.